The van der Waals surface area contributed by atoms with Crippen LogP contribution in [0.5, 0.6) is 0 Å². The zero-order valence-electron chi connectivity index (χ0n) is 6.73. The summed E-state index contributed by atoms with van der Waals surface area (Å²) < 4.78 is 35.8. The van der Waals surface area contributed by atoms with Crippen LogP contribution in [0.3, 0.4) is 0 Å². The molecule has 0 aromatic heterocycles. The van der Waals surface area contributed by atoms with Gasteiger partial charge in [-0.1, -0.05) is 19.3 Å². The maximum atomic E-state index is 11.9. The Kier molecular flexibility index (Phi) is 2.80. The van der Waals surface area contributed by atoms with Crippen LogP contribution in [0, 0.1) is 5.92 Å². The molecule has 0 atom stereocenters. The monoisotopic (exact) mass is 179 g/mol. The Labute approximate surface area is 69.4 Å². The van der Waals surface area contributed by atoms with Crippen LogP contribution in [0.25, 0.3) is 0 Å². The van der Waals surface area contributed by atoms with Crippen LogP contribution in [0.15, 0.2) is 0 Å². The summed E-state index contributed by atoms with van der Waals surface area (Å²) in [6, 6.07) is 0. The Balaban J connectivity index is 2.51. The quantitative estimate of drug-likeness (QED) is 0.595. The highest BCUT2D eigenvalue weighted by atomic mass is 19.4. The van der Waals surface area contributed by atoms with Gasteiger partial charge in [0.25, 0.3) is 0 Å². The number of hydrogen-bond acceptors (Lipinski definition) is 1. The van der Waals surface area contributed by atoms with Gasteiger partial charge >= 0.3 is 6.98 Å². The van der Waals surface area contributed by atoms with E-state index in [1.54, 1.807) is 0 Å². The van der Waals surface area contributed by atoms with Gasteiger partial charge in [-0.2, -0.15) is 0 Å². The molecule has 5 heteroatoms. The minimum atomic E-state index is -5.24. The highest BCUT2D eigenvalue weighted by molar-refractivity contribution is 6.91. The normalized spacial score (nSPS) is 20.9. The molecule has 1 rings (SSSR count). The van der Waals surface area contributed by atoms with E-state index in [1.807, 2.05) is 0 Å². The molecule has 12 heavy (non-hydrogen) atoms. The van der Waals surface area contributed by atoms with Gasteiger partial charge in [0.1, 0.15) is 0 Å². The number of carbonyl (C=O) groups excluding carboxylic acids is 1. The van der Waals surface area contributed by atoms with E-state index in [0.29, 0.717) is 12.8 Å². The highest BCUT2D eigenvalue weighted by Crippen LogP contribution is 2.28. The van der Waals surface area contributed by atoms with Gasteiger partial charge in [0, 0.05) is 0 Å². The lowest BCUT2D eigenvalue weighted by Gasteiger charge is -2.25. The van der Waals surface area contributed by atoms with Gasteiger partial charge < -0.3 is 17.7 Å². The molecule has 1 nitrogen and oxygen atoms in total. The fourth-order valence-corrected chi connectivity index (χ4v) is 1.65. The molecule has 1 aliphatic carbocycles. The first-order valence-corrected chi connectivity index (χ1v) is 4.25. The molecule has 0 heterocycles. The smallest absolute Gasteiger partial charge is 0.443 e. The van der Waals surface area contributed by atoms with Crippen molar-refractivity contribution in [2.24, 2.45) is 5.92 Å². The van der Waals surface area contributed by atoms with Crippen molar-refractivity contribution >= 4 is 12.7 Å². The van der Waals surface area contributed by atoms with Crippen molar-refractivity contribution in [3.8, 4) is 0 Å². The summed E-state index contributed by atoms with van der Waals surface area (Å²) in [4.78, 5) is 10.7. The lowest BCUT2D eigenvalue weighted by molar-refractivity contribution is -0.119. The molecule has 0 amide bonds. The zero-order chi connectivity index (χ0) is 9.19. The van der Waals surface area contributed by atoms with Gasteiger partial charge in [0.2, 0.25) is 0 Å². The fraction of sp³-hybridized carbons (Fsp3) is 0.857. The van der Waals surface area contributed by atoms with E-state index >= 15 is 0 Å². The van der Waals surface area contributed by atoms with E-state index < -0.39 is 18.6 Å². The predicted octanol–water partition coefficient (Wildman–Crippen LogP) is 2.52. The van der Waals surface area contributed by atoms with Crippen molar-refractivity contribution in [1.29, 1.82) is 0 Å². The standard InChI is InChI=1S/C7H11BF3O/c9-8(10,11)7(12)6-4-2-1-3-5-6/h6H,1-5H2/q-1. The molecule has 70 valence electrons. The Morgan fingerprint density at radius 3 is 2.00 bits per heavy atom. The molecular weight excluding hydrogens is 168 g/mol. The average molecular weight is 179 g/mol. The Bertz CT molecular complexity index is 172. The largest absolute Gasteiger partial charge is 0.545 e. The summed E-state index contributed by atoms with van der Waals surface area (Å²) in [5, 5.41) is 0. The molecule has 0 aromatic carbocycles. The van der Waals surface area contributed by atoms with Gasteiger partial charge in [-0.25, -0.2) is 0 Å². The molecule has 0 saturated heterocycles. The lowest BCUT2D eigenvalue weighted by atomic mass is 9.71. The van der Waals surface area contributed by atoms with Crippen LogP contribution < -0.4 is 0 Å². The van der Waals surface area contributed by atoms with E-state index in [1.165, 1.54) is 0 Å². The summed E-state index contributed by atoms with van der Waals surface area (Å²) in [7, 11) is 0. The van der Waals surface area contributed by atoms with Gasteiger partial charge in [-0.15, -0.1) is 0 Å². The molecule has 1 saturated carbocycles. The number of rotatable bonds is 2. The van der Waals surface area contributed by atoms with E-state index in [9.17, 15) is 17.7 Å². The van der Waals surface area contributed by atoms with Gasteiger partial charge in [0.15, 0.2) is 0 Å². The Morgan fingerprint density at radius 1 is 1.08 bits per heavy atom. The average Bonchev–Trinajstić information content (AvgIpc) is 2.03. The third kappa shape index (κ3) is 2.25. The number of hydrogen-bond donors (Lipinski definition) is 0. The first-order chi connectivity index (χ1) is 5.52. The summed E-state index contributed by atoms with van der Waals surface area (Å²) in [5.41, 5.74) is -1.46. The first-order valence-electron chi connectivity index (χ1n) is 4.25. The molecule has 0 bridgehead atoms. The predicted molar refractivity (Wildman–Crippen MR) is 40.7 cm³/mol. The molecule has 0 aromatic rings. The van der Waals surface area contributed by atoms with Crippen molar-refractivity contribution in [3.63, 3.8) is 0 Å². The molecular formula is C7H11BF3O-. The second kappa shape index (κ2) is 3.50. The van der Waals surface area contributed by atoms with Crippen molar-refractivity contribution < 1.29 is 17.7 Å². The van der Waals surface area contributed by atoms with E-state index in [4.69, 9.17) is 0 Å². The van der Waals surface area contributed by atoms with Gasteiger partial charge in [0.05, 0.1) is 5.68 Å². The summed E-state index contributed by atoms with van der Waals surface area (Å²) >= 11 is 0. The third-order valence-corrected chi connectivity index (χ3v) is 2.33. The fourth-order valence-electron chi connectivity index (χ4n) is 1.65. The zero-order valence-corrected chi connectivity index (χ0v) is 6.73. The number of carbonyl (C=O) groups is 1. The molecule has 0 spiro atoms. The van der Waals surface area contributed by atoms with Crippen LogP contribution in [0.2, 0.25) is 0 Å². The number of halogens is 3. The van der Waals surface area contributed by atoms with Gasteiger partial charge in [-0.3, -0.25) is 0 Å². The van der Waals surface area contributed by atoms with Gasteiger partial charge in [-0.05, 0) is 18.8 Å². The Hall–Kier alpha value is -0.475. The maximum Gasteiger partial charge on any atom is 0.545 e. The van der Waals surface area contributed by atoms with Crippen molar-refractivity contribution in [1.82, 2.24) is 0 Å². The topological polar surface area (TPSA) is 17.1 Å². The molecule has 0 N–H and O–H groups in total. The molecule has 0 radical (unpaired) electrons. The third-order valence-electron chi connectivity index (χ3n) is 2.33. The van der Waals surface area contributed by atoms with Crippen LogP contribution in [-0.2, 0) is 4.79 Å². The summed E-state index contributed by atoms with van der Waals surface area (Å²) in [5.74, 6) is -0.723. The SMILES string of the molecule is O=C(C1CCCCC1)[B-](F)(F)F. The molecule has 1 aliphatic rings. The van der Waals surface area contributed by atoms with Crippen LogP contribution in [-0.4, -0.2) is 12.7 Å². The Morgan fingerprint density at radius 2 is 1.58 bits per heavy atom. The minimum absolute atomic E-state index is 0.431. The maximum absolute atomic E-state index is 11.9. The summed E-state index contributed by atoms with van der Waals surface area (Å²) in [6.45, 7) is -5.24. The van der Waals surface area contributed by atoms with E-state index in [0.717, 1.165) is 19.3 Å². The molecule has 1 fully saturated rings. The van der Waals surface area contributed by atoms with Crippen molar-refractivity contribution in [2.45, 2.75) is 32.1 Å². The lowest BCUT2D eigenvalue weighted by Crippen LogP contribution is -2.36. The second-order valence-electron chi connectivity index (χ2n) is 3.31. The van der Waals surface area contributed by atoms with Crippen LogP contribution >= 0.6 is 0 Å². The minimum Gasteiger partial charge on any atom is -0.443 e. The first kappa shape index (κ1) is 9.61. The second-order valence-corrected chi connectivity index (χ2v) is 3.31. The van der Waals surface area contributed by atoms with Crippen LogP contribution in [0.1, 0.15) is 32.1 Å². The summed E-state index contributed by atoms with van der Waals surface area (Å²) in [6.07, 6.45) is 3.36. The van der Waals surface area contributed by atoms with Crippen molar-refractivity contribution in [2.75, 3.05) is 0 Å². The molecule has 0 aliphatic heterocycles. The van der Waals surface area contributed by atoms with E-state index in [2.05, 4.69) is 0 Å². The molecule has 0 unspecified atom stereocenters. The van der Waals surface area contributed by atoms with E-state index in [-0.39, 0.29) is 0 Å². The highest BCUT2D eigenvalue weighted by Gasteiger charge is 2.38. The van der Waals surface area contributed by atoms with Crippen molar-refractivity contribution in [3.05, 3.63) is 0 Å². The van der Waals surface area contributed by atoms with Crippen LogP contribution in [0.4, 0.5) is 12.9 Å².